The molecular weight excluding hydrogens is 182 g/mol. The summed E-state index contributed by atoms with van der Waals surface area (Å²) in [7, 11) is 0. The van der Waals surface area contributed by atoms with Gasteiger partial charge in [-0.15, -0.1) is 11.3 Å². The quantitative estimate of drug-likeness (QED) is 0.793. The lowest BCUT2D eigenvalue weighted by molar-refractivity contribution is 1.02. The van der Waals surface area contributed by atoms with Gasteiger partial charge in [-0.05, 0) is 13.8 Å². The van der Waals surface area contributed by atoms with Crippen molar-refractivity contribution in [3.8, 4) is 0 Å². The third-order valence-electron chi connectivity index (χ3n) is 1.91. The van der Waals surface area contributed by atoms with E-state index in [1.54, 1.807) is 17.7 Å². The van der Waals surface area contributed by atoms with Crippen LogP contribution >= 0.6 is 11.3 Å². The first-order valence-electron chi connectivity index (χ1n) is 4.16. The fraction of sp³-hybridized carbons (Fsp3) is 0.333. The van der Waals surface area contributed by atoms with Gasteiger partial charge in [-0.1, -0.05) is 0 Å². The van der Waals surface area contributed by atoms with Crippen molar-refractivity contribution in [2.45, 2.75) is 20.3 Å². The molecule has 3 nitrogen and oxygen atoms in total. The molecule has 4 heteroatoms. The van der Waals surface area contributed by atoms with Gasteiger partial charge in [-0.25, -0.2) is 9.97 Å². The van der Waals surface area contributed by atoms with Crippen LogP contribution in [-0.4, -0.2) is 15.0 Å². The maximum Gasteiger partial charge on any atom is 0.0921 e. The fourth-order valence-electron chi connectivity index (χ4n) is 1.30. The summed E-state index contributed by atoms with van der Waals surface area (Å²) in [6.45, 7) is 4.14. The molecule has 0 aromatic carbocycles. The first kappa shape index (κ1) is 8.44. The third kappa shape index (κ3) is 1.78. The van der Waals surface area contributed by atoms with Crippen molar-refractivity contribution in [1.29, 1.82) is 0 Å². The number of nitrogens with zero attached hydrogens (tertiary/aromatic N) is 2. The normalized spacial score (nSPS) is 10.6. The number of hydrogen-bond acceptors (Lipinski definition) is 3. The van der Waals surface area contributed by atoms with Gasteiger partial charge in [-0.3, -0.25) is 0 Å². The van der Waals surface area contributed by atoms with E-state index in [9.17, 15) is 0 Å². The summed E-state index contributed by atoms with van der Waals surface area (Å²) in [6, 6.07) is 0. The number of H-pyrrole nitrogens is 1. The smallest absolute Gasteiger partial charge is 0.0921 e. The lowest BCUT2D eigenvalue weighted by Crippen LogP contribution is -1.90. The Labute approximate surface area is 80.9 Å². The van der Waals surface area contributed by atoms with Crippen LogP contribution < -0.4 is 0 Å². The number of aryl methyl sites for hydroxylation is 2. The maximum absolute atomic E-state index is 4.46. The number of aromatic nitrogens is 3. The van der Waals surface area contributed by atoms with Crippen LogP contribution in [0.4, 0.5) is 0 Å². The number of thiazole rings is 1. The van der Waals surface area contributed by atoms with Crippen LogP contribution in [-0.2, 0) is 6.42 Å². The Balaban J connectivity index is 2.23. The summed E-state index contributed by atoms with van der Waals surface area (Å²) in [5.41, 5.74) is 2.28. The average Bonchev–Trinajstić information content (AvgIpc) is 2.63. The van der Waals surface area contributed by atoms with E-state index in [-0.39, 0.29) is 0 Å². The van der Waals surface area contributed by atoms with E-state index in [0.29, 0.717) is 0 Å². The summed E-state index contributed by atoms with van der Waals surface area (Å²) < 4.78 is 0. The van der Waals surface area contributed by atoms with E-state index in [1.165, 1.54) is 4.88 Å². The Morgan fingerprint density at radius 2 is 2.31 bits per heavy atom. The lowest BCUT2D eigenvalue weighted by Gasteiger charge is -1.93. The Hall–Kier alpha value is -1.16. The zero-order valence-electron chi connectivity index (χ0n) is 7.66. The highest BCUT2D eigenvalue weighted by Crippen LogP contribution is 2.18. The number of imidazole rings is 1. The number of hydrogen-bond donors (Lipinski definition) is 1. The van der Waals surface area contributed by atoms with Crippen molar-refractivity contribution in [3.63, 3.8) is 0 Å². The van der Waals surface area contributed by atoms with Gasteiger partial charge in [0.05, 0.1) is 17.0 Å². The number of rotatable bonds is 2. The molecule has 0 amide bonds. The van der Waals surface area contributed by atoms with Gasteiger partial charge < -0.3 is 4.98 Å². The van der Waals surface area contributed by atoms with E-state index >= 15 is 0 Å². The van der Waals surface area contributed by atoms with E-state index in [0.717, 1.165) is 22.8 Å². The van der Waals surface area contributed by atoms with Crippen LogP contribution in [0.3, 0.4) is 0 Å². The number of aromatic amines is 1. The van der Waals surface area contributed by atoms with E-state index in [4.69, 9.17) is 0 Å². The molecule has 2 rings (SSSR count). The van der Waals surface area contributed by atoms with E-state index < -0.39 is 0 Å². The summed E-state index contributed by atoms with van der Waals surface area (Å²) in [5, 5.41) is 1.13. The summed E-state index contributed by atoms with van der Waals surface area (Å²) in [6.07, 6.45) is 4.40. The van der Waals surface area contributed by atoms with Crippen molar-refractivity contribution in [3.05, 3.63) is 33.8 Å². The molecule has 0 aliphatic heterocycles. The van der Waals surface area contributed by atoms with Crippen LogP contribution in [0.5, 0.6) is 0 Å². The van der Waals surface area contributed by atoms with Crippen molar-refractivity contribution in [2.75, 3.05) is 0 Å². The topological polar surface area (TPSA) is 41.6 Å². The van der Waals surface area contributed by atoms with Gasteiger partial charge in [0.2, 0.25) is 0 Å². The molecule has 2 aromatic rings. The molecule has 0 fully saturated rings. The predicted octanol–water partition coefficient (Wildman–Crippen LogP) is 2.07. The van der Waals surface area contributed by atoms with Gasteiger partial charge in [-0.2, -0.15) is 0 Å². The largest absolute Gasteiger partial charge is 0.348 e. The highest BCUT2D eigenvalue weighted by atomic mass is 32.1. The van der Waals surface area contributed by atoms with Crippen molar-refractivity contribution < 1.29 is 0 Å². The molecule has 2 aromatic heterocycles. The van der Waals surface area contributed by atoms with Crippen LogP contribution in [0.2, 0.25) is 0 Å². The Morgan fingerprint density at radius 1 is 1.46 bits per heavy atom. The molecule has 68 valence electrons. The van der Waals surface area contributed by atoms with E-state index in [2.05, 4.69) is 21.9 Å². The molecule has 1 N–H and O–H groups in total. The van der Waals surface area contributed by atoms with Crippen molar-refractivity contribution in [1.82, 2.24) is 15.0 Å². The minimum Gasteiger partial charge on any atom is -0.348 e. The molecule has 0 bridgehead atoms. The Kier molecular flexibility index (Phi) is 2.14. The zero-order valence-corrected chi connectivity index (χ0v) is 8.48. The average molecular weight is 193 g/mol. The SMILES string of the molecule is Cc1nc(Cc2cnc[nH]2)c(C)s1. The molecule has 13 heavy (non-hydrogen) atoms. The molecule has 2 heterocycles. The Bertz CT molecular complexity index is 389. The summed E-state index contributed by atoms with van der Waals surface area (Å²) >= 11 is 1.75. The number of nitrogens with one attached hydrogen (secondary N) is 1. The van der Waals surface area contributed by atoms with Gasteiger partial charge in [0.1, 0.15) is 0 Å². The van der Waals surface area contributed by atoms with Gasteiger partial charge >= 0.3 is 0 Å². The van der Waals surface area contributed by atoms with Gasteiger partial charge in [0.25, 0.3) is 0 Å². The summed E-state index contributed by atoms with van der Waals surface area (Å²) in [5.74, 6) is 0. The van der Waals surface area contributed by atoms with Crippen LogP contribution in [0.25, 0.3) is 0 Å². The fourth-order valence-corrected chi connectivity index (χ4v) is 2.13. The predicted molar refractivity (Wildman–Crippen MR) is 53.0 cm³/mol. The second-order valence-corrected chi connectivity index (χ2v) is 4.40. The first-order chi connectivity index (χ1) is 6.25. The molecule has 0 atom stereocenters. The molecular formula is C9H11N3S. The second kappa shape index (κ2) is 3.30. The monoisotopic (exact) mass is 193 g/mol. The van der Waals surface area contributed by atoms with Gasteiger partial charge in [0.15, 0.2) is 0 Å². The van der Waals surface area contributed by atoms with Crippen LogP contribution in [0.1, 0.15) is 21.3 Å². The van der Waals surface area contributed by atoms with Crippen LogP contribution in [0, 0.1) is 13.8 Å². The van der Waals surface area contributed by atoms with Gasteiger partial charge in [0, 0.05) is 23.2 Å². The molecule has 0 saturated carbocycles. The highest BCUT2D eigenvalue weighted by Gasteiger charge is 2.05. The minimum absolute atomic E-state index is 0.857. The van der Waals surface area contributed by atoms with Crippen molar-refractivity contribution >= 4 is 11.3 Å². The lowest BCUT2D eigenvalue weighted by atomic mass is 10.2. The molecule has 0 aliphatic rings. The molecule has 0 aliphatic carbocycles. The molecule has 0 unspecified atom stereocenters. The molecule has 0 saturated heterocycles. The standard InChI is InChI=1S/C9H11N3S/c1-6-9(12-7(2)13-6)3-8-4-10-5-11-8/h4-5H,3H2,1-2H3,(H,10,11). The molecule has 0 radical (unpaired) electrons. The molecule has 0 spiro atoms. The summed E-state index contributed by atoms with van der Waals surface area (Å²) in [4.78, 5) is 12.8. The maximum atomic E-state index is 4.46. The second-order valence-electron chi connectivity index (χ2n) is 2.99. The van der Waals surface area contributed by atoms with Crippen molar-refractivity contribution in [2.24, 2.45) is 0 Å². The zero-order chi connectivity index (χ0) is 9.26. The third-order valence-corrected chi connectivity index (χ3v) is 2.84. The highest BCUT2D eigenvalue weighted by molar-refractivity contribution is 7.11. The minimum atomic E-state index is 0.857. The first-order valence-corrected chi connectivity index (χ1v) is 4.97. The van der Waals surface area contributed by atoms with E-state index in [1.807, 2.05) is 13.1 Å². The van der Waals surface area contributed by atoms with Crippen LogP contribution in [0.15, 0.2) is 12.5 Å². The Morgan fingerprint density at radius 3 is 2.85 bits per heavy atom.